The second kappa shape index (κ2) is 10.2. The molecule has 174 valence electrons. The van der Waals surface area contributed by atoms with Gasteiger partial charge in [0.1, 0.15) is 0 Å². The molecular weight excluding hydrogens is 462 g/mol. The van der Waals surface area contributed by atoms with Gasteiger partial charge in [0, 0.05) is 24.2 Å². The van der Waals surface area contributed by atoms with E-state index in [1.54, 1.807) is 25.1 Å². The fourth-order valence-corrected chi connectivity index (χ4v) is 5.66. The molecule has 1 aromatic heterocycles. The molecule has 0 aliphatic carbocycles. The van der Waals surface area contributed by atoms with Crippen molar-refractivity contribution in [3.05, 3.63) is 59.7 Å². The fourth-order valence-electron chi connectivity index (χ4n) is 3.44. The Bertz CT molecular complexity index is 1220. The molecule has 1 aliphatic heterocycles. The summed E-state index contributed by atoms with van der Waals surface area (Å²) in [4.78, 5) is 12.9. The molecule has 4 rings (SSSR count). The van der Waals surface area contributed by atoms with Crippen molar-refractivity contribution in [2.24, 2.45) is 0 Å². The van der Waals surface area contributed by atoms with Crippen molar-refractivity contribution in [1.29, 1.82) is 0 Å². The lowest BCUT2D eigenvalue weighted by molar-refractivity contribution is 0.0730. The van der Waals surface area contributed by atoms with Gasteiger partial charge >= 0.3 is 0 Å². The summed E-state index contributed by atoms with van der Waals surface area (Å²) >= 11 is 1.17. The third-order valence-electron chi connectivity index (χ3n) is 5.39. The molecule has 2 heterocycles. The number of aromatic nitrogens is 2. The van der Waals surface area contributed by atoms with Crippen molar-refractivity contribution < 1.29 is 22.4 Å². The molecule has 10 heteroatoms. The lowest BCUT2D eigenvalue weighted by Gasteiger charge is -2.26. The maximum absolute atomic E-state index is 12.9. The van der Waals surface area contributed by atoms with Crippen molar-refractivity contribution in [2.45, 2.75) is 35.6 Å². The van der Waals surface area contributed by atoms with E-state index in [0.717, 1.165) is 6.42 Å². The van der Waals surface area contributed by atoms with E-state index in [9.17, 15) is 13.2 Å². The Morgan fingerprint density at radius 3 is 2.55 bits per heavy atom. The average molecular weight is 488 g/mol. The highest BCUT2D eigenvalue weighted by Gasteiger charge is 2.27. The molecule has 0 bridgehead atoms. The van der Waals surface area contributed by atoms with Crippen LogP contribution < -0.4 is 0 Å². The lowest BCUT2D eigenvalue weighted by atomic mass is 10.1. The number of ketones is 1. The molecule has 1 fully saturated rings. The van der Waals surface area contributed by atoms with Crippen LogP contribution in [-0.4, -0.2) is 60.3 Å². The van der Waals surface area contributed by atoms with Gasteiger partial charge in [-0.05, 0) is 37.1 Å². The van der Waals surface area contributed by atoms with Crippen LogP contribution in [0.25, 0.3) is 11.5 Å². The summed E-state index contributed by atoms with van der Waals surface area (Å²) in [5.41, 5.74) is 2.30. The van der Waals surface area contributed by atoms with E-state index >= 15 is 0 Å². The van der Waals surface area contributed by atoms with E-state index < -0.39 is 15.3 Å². The second-order valence-corrected chi connectivity index (χ2v) is 10.8. The van der Waals surface area contributed by atoms with Crippen LogP contribution in [-0.2, 0) is 21.2 Å². The molecule has 1 unspecified atom stereocenters. The zero-order chi connectivity index (χ0) is 23.4. The number of thioether (sulfide) groups is 1. The highest BCUT2D eigenvalue weighted by molar-refractivity contribution is 8.00. The van der Waals surface area contributed by atoms with E-state index in [1.807, 2.05) is 24.3 Å². The van der Waals surface area contributed by atoms with Gasteiger partial charge in [-0.25, -0.2) is 8.42 Å². The van der Waals surface area contributed by atoms with Crippen molar-refractivity contribution >= 4 is 27.6 Å². The number of benzene rings is 2. The van der Waals surface area contributed by atoms with Gasteiger partial charge in [-0.15, -0.1) is 10.2 Å². The predicted octanol–water partition coefficient (Wildman–Crippen LogP) is 3.68. The third-order valence-corrected chi connectivity index (χ3v) is 8.22. The number of rotatable bonds is 8. The number of hydrogen-bond donors (Lipinski definition) is 0. The first kappa shape index (κ1) is 23.6. The van der Waals surface area contributed by atoms with Crippen molar-refractivity contribution in [3.8, 4) is 11.5 Å². The molecule has 3 aromatic rings. The number of ether oxygens (including phenoxy) is 1. The van der Waals surface area contributed by atoms with E-state index in [2.05, 4.69) is 17.1 Å². The first-order valence-electron chi connectivity index (χ1n) is 10.7. The summed E-state index contributed by atoms with van der Waals surface area (Å²) in [7, 11) is -3.64. The summed E-state index contributed by atoms with van der Waals surface area (Å²) < 4.78 is 38.3. The molecule has 1 atom stereocenters. The van der Waals surface area contributed by atoms with Crippen LogP contribution in [0.5, 0.6) is 0 Å². The van der Waals surface area contributed by atoms with Crippen LogP contribution in [0.3, 0.4) is 0 Å². The Morgan fingerprint density at radius 2 is 1.85 bits per heavy atom. The van der Waals surface area contributed by atoms with Gasteiger partial charge < -0.3 is 9.15 Å². The van der Waals surface area contributed by atoms with Crippen LogP contribution in [0.4, 0.5) is 0 Å². The molecule has 1 saturated heterocycles. The number of morpholine rings is 1. The summed E-state index contributed by atoms with van der Waals surface area (Å²) in [6.07, 6.45) is 0.915. The van der Waals surface area contributed by atoms with Crippen LogP contribution in [0.1, 0.15) is 29.8 Å². The first-order chi connectivity index (χ1) is 15.9. The maximum Gasteiger partial charge on any atom is 0.277 e. The zero-order valence-electron chi connectivity index (χ0n) is 18.4. The monoisotopic (exact) mass is 487 g/mol. The Labute approximate surface area is 197 Å². The second-order valence-electron chi connectivity index (χ2n) is 7.59. The van der Waals surface area contributed by atoms with Gasteiger partial charge in [0.05, 0.1) is 23.4 Å². The number of carbonyl (C=O) groups is 1. The van der Waals surface area contributed by atoms with Gasteiger partial charge in [0.25, 0.3) is 5.22 Å². The van der Waals surface area contributed by atoms with Gasteiger partial charge in [0.2, 0.25) is 15.9 Å². The molecule has 0 N–H and O–H groups in total. The molecule has 8 nitrogen and oxygen atoms in total. The topological polar surface area (TPSA) is 103 Å². The Kier molecular flexibility index (Phi) is 7.28. The Morgan fingerprint density at radius 1 is 1.12 bits per heavy atom. The van der Waals surface area contributed by atoms with Crippen LogP contribution in [0, 0.1) is 0 Å². The SMILES string of the molecule is CCc1ccc(C(=O)C(C)Sc2nnc(-c3cccc(S(=O)(=O)N4CCOCC4)c3)o2)cc1. The van der Waals surface area contributed by atoms with E-state index in [-0.39, 0.29) is 21.8 Å². The summed E-state index contributed by atoms with van der Waals surface area (Å²) in [6, 6.07) is 14.0. The predicted molar refractivity (Wildman–Crippen MR) is 125 cm³/mol. The molecule has 0 amide bonds. The van der Waals surface area contributed by atoms with Crippen molar-refractivity contribution in [1.82, 2.24) is 14.5 Å². The van der Waals surface area contributed by atoms with Gasteiger partial charge in [-0.2, -0.15) is 4.31 Å². The van der Waals surface area contributed by atoms with Crippen LogP contribution >= 0.6 is 11.8 Å². The maximum atomic E-state index is 12.9. The van der Waals surface area contributed by atoms with Crippen LogP contribution in [0.15, 0.2) is 63.1 Å². The number of nitrogens with zero attached hydrogens (tertiary/aromatic N) is 3. The molecule has 1 aliphatic rings. The van der Waals surface area contributed by atoms with Crippen molar-refractivity contribution in [3.63, 3.8) is 0 Å². The first-order valence-corrected chi connectivity index (χ1v) is 13.0. The number of Topliss-reactive ketones (excluding diaryl/α,β-unsaturated/α-hetero) is 1. The largest absolute Gasteiger partial charge is 0.411 e. The van der Waals surface area contributed by atoms with E-state index in [1.165, 1.54) is 27.7 Å². The standard InChI is InChI=1S/C23H25N3O5S2/c1-3-17-7-9-18(10-8-17)21(27)16(2)32-23-25-24-22(31-23)19-5-4-6-20(15-19)33(28,29)26-11-13-30-14-12-26/h4-10,15-16H,3,11-14H2,1-2H3. The smallest absolute Gasteiger partial charge is 0.277 e. The molecule has 33 heavy (non-hydrogen) atoms. The van der Waals surface area contributed by atoms with Crippen molar-refractivity contribution in [2.75, 3.05) is 26.3 Å². The zero-order valence-corrected chi connectivity index (χ0v) is 20.1. The minimum absolute atomic E-state index is 0.0268. The highest BCUT2D eigenvalue weighted by Crippen LogP contribution is 2.29. The molecule has 0 spiro atoms. The van der Waals surface area contributed by atoms with E-state index in [4.69, 9.17) is 9.15 Å². The fraction of sp³-hybridized carbons (Fsp3) is 0.348. The number of sulfonamides is 1. The van der Waals surface area contributed by atoms with E-state index in [0.29, 0.717) is 37.4 Å². The molecule has 0 radical (unpaired) electrons. The van der Waals surface area contributed by atoms with Gasteiger partial charge in [0.15, 0.2) is 5.78 Å². The molecular formula is C23H25N3O5S2. The van der Waals surface area contributed by atoms with Gasteiger partial charge in [-0.3, -0.25) is 4.79 Å². The number of hydrogen-bond acceptors (Lipinski definition) is 8. The normalized spacial score (nSPS) is 15.9. The Balaban J connectivity index is 1.48. The van der Waals surface area contributed by atoms with Gasteiger partial charge in [-0.1, -0.05) is 49.0 Å². The minimum atomic E-state index is -3.64. The number of aryl methyl sites for hydroxylation is 1. The minimum Gasteiger partial charge on any atom is -0.411 e. The molecule has 0 saturated carbocycles. The number of carbonyl (C=O) groups excluding carboxylic acids is 1. The lowest BCUT2D eigenvalue weighted by Crippen LogP contribution is -2.40. The third kappa shape index (κ3) is 5.35. The Hall–Kier alpha value is -2.53. The summed E-state index contributed by atoms with van der Waals surface area (Å²) in [6.45, 7) is 5.25. The molecule has 2 aromatic carbocycles. The summed E-state index contributed by atoms with van der Waals surface area (Å²) in [5.74, 6) is 0.171. The quantitative estimate of drug-likeness (QED) is 0.350. The highest BCUT2D eigenvalue weighted by atomic mass is 32.2. The average Bonchev–Trinajstić information content (AvgIpc) is 3.32. The van der Waals surface area contributed by atoms with Crippen LogP contribution in [0.2, 0.25) is 0 Å². The summed E-state index contributed by atoms with van der Waals surface area (Å²) in [5, 5.41) is 7.92.